The van der Waals surface area contributed by atoms with E-state index in [0.29, 0.717) is 0 Å². The lowest BCUT2D eigenvalue weighted by Crippen LogP contribution is -1.95. The van der Waals surface area contributed by atoms with Crippen LogP contribution in [0.3, 0.4) is 0 Å². The monoisotopic (exact) mass is 684 g/mol. The van der Waals surface area contributed by atoms with Gasteiger partial charge in [-0.2, -0.15) is 0 Å². The summed E-state index contributed by atoms with van der Waals surface area (Å²) < 4.78 is 4.92. The number of benzene rings is 10. The standard InChI is InChI=1S/C52H32N2/c1-5-13-41-35(9-1)23-31-47-49(41)45-29-21-37-11-3-7-15-43(37)51(45)53(47)39-25-17-33(18-26-39)34-19-27-40(28-20-34)54-48-32-24-36-10-2-6-14-42(36)50(48)46-30-22-38-12-4-8-16-44(38)52(46)54/h1-32H. The molecule has 10 aromatic carbocycles. The summed E-state index contributed by atoms with van der Waals surface area (Å²) in [5.41, 5.74) is 9.66. The first-order chi connectivity index (χ1) is 26.8. The molecule has 0 amide bonds. The second-order valence-corrected chi connectivity index (χ2v) is 14.5. The summed E-state index contributed by atoms with van der Waals surface area (Å²) in [6.07, 6.45) is 0. The van der Waals surface area contributed by atoms with Gasteiger partial charge in [-0.15, -0.1) is 0 Å². The molecule has 0 radical (unpaired) electrons. The first-order valence-electron chi connectivity index (χ1n) is 18.7. The number of aromatic nitrogens is 2. The van der Waals surface area contributed by atoms with Gasteiger partial charge in [-0.1, -0.05) is 158 Å². The number of hydrogen-bond donors (Lipinski definition) is 0. The Bertz CT molecular complexity index is 3240. The predicted octanol–water partition coefficient (Wildman–Crippen LogP) is 14.2. The Kier molecular flexibility index (Phi) is 6.09. The summed E-state index contributed by atoms with van der Waals surface area (Å²) in [4.78, 5) is 0. The quantitative estimate of drug-likeness (QED) is 0.175. The minimum Gasteiger partial charge on any atom is -0.309 e. The Morgan fingerprint density at radius 3 is 0.981 bits per heavy atom. The summed E-state index contributed by atoms with van der Waals surface area (Å²) in [6, 6.07) is 71.4. The van der Waals surface area contributed by atoms with Gasteiger partial charge in [0.05, 0.1) is 22.1 Å². The van der Waals surface area contributed by atoms with Crippen LogP contribution in [0.2, 0.25) is 0 Å². The molecule has 2 heterocycles. The molecule has 0 fully saturated rings. The van der Waals surface area contributed by atoms with Crippen LogP contribution < -0.4 is 0 Å². The van der Waals surface area contributed by atoms with Crippen molar-refractivity contribution in [2.75, 3.05) is 0 Å². The van der Waals surface area contributed by atoms with Gasteiger partial charge in [0.25, 0.3) is 0 Å². The molecular formula is C52H32N2. The molecule has 12 rings (SSSR count). The van der Waals surface area contributed by atoms with Crippen molar-refractivity contribution < 1.29 is 0 Å². The number of rotatable bonds is 3. The van der Waals surface area contributed by atoms with Gasteiger partial charge in [0.15, 0.2) is 0 Å². The highest BCUT2D eigenvalue weighted by molar-refractivity contribution is 6.27. The predicted molar refractivity (Wildman–Crippen MR) is 231 cm³/mol. The molecule has 0 saturated carbocycles. The molecule has 2 aromatic heterocycles. The summed E-state index contributed by atoms with van der Waals surface area (Å²) in [7, 11) is 0. The van der Waals surface area contributed by atoms with Gasteiger partial charge in [0.2, 0.25) is 0 Å². The molecule has 0 aliphatic carbocycles. The van der Waals surface area contributed by atoms with E-state index >= 15 is 0 Å². The van der Waals surface area contributed by atoms with Crippen molar-refractivity contribution in [2.45, 2.75) is 0 Å². The van der Waals surface area contributed by atoms with Crippen molar-refractivity contribution in [1.82, 2.24) is 9.13 Å². The molecule has 0 spiro atoms. The van der Waals surface area contributed by atoms with Gasteiger partial charge in [-0.3, -0.25) is 0 Å². The lowest BCUT2D eigenvalue weighted by atomic mass is 10.0. The molecule has 0 unspecified atom stereocenters. The van der Waals surface area contributed by atoms with Crippen molar-refractivity contribution in [3.8, 4) is 22.5 Å². The van der Waals surface area contributed by atoms with E-state index in [1.54, 1.807) is 0 Å². The van der Waals surface area contributed by atoms with Gasteiger partial charge < -0.3 is 9.13 Å². The normalized spacial score (nSPS) is 12.1. The van der Waals surface area contributed by atoms with Crippen molar-refractivity contribution in [1.29, 1.82) is 0 Å². The first-order valence-corrected chi connectivity index (χ1v) is 18.7. The summed E-state index contributed by atoms with van der Waals surface area (Å²) in [5.74, 6) is 0. The topological polar surface area (TPSA) is 9.86 Å². The number of fused-ring (bicyclic) bond motifs is 14. The zero-order valence-electron chi connectivity index (χ0n) is 29.4. The Morgan fingerprint density at radius 2 is 0.574 bits per heavy atom. The smallest absolute Gasteiger partial charge is 0.0619 e. The third-order valence-corrected chi connectivity index (χ3v) is 11.7. The van der Waals surface area contributed by atoms with Crippen LogP contribution in [0.4, 0.5) is 0 Å². The van der Waals surface area contributed by atoms with Gasteiger partial charge in [-0.05, 0) is 79.8 Å². The van der Waals surface area contributed by atoms with E-state index in [2.05, 4.69) is 203 Å². The third kappa shape index (κ3) is 4.11. The molecule has 0 saturated heterocycles. The second-order valence-electron chi connectivity index (χ2n) is 14.5. The van der Waals surface area contributed by atoms with Crippen LogP contribution in [0.15, 0.2) is 194 Å². The fourth-order valence-corrected chi connectivity index (χ4v) is 9.24. The molecule has 54 heavy (non-hydrogen) atoms. The van der Waals surface area contributed by atoms with Crippen LogP contribution in [-0.2, 0) is 0 Å². The molecule has 250 valence electrons. The molecule has 0 atom stereocenters. The highest BCUT2D eigenvalue weighted by Gasteiger charge is 2.19. The molecule has 2 nitrogen and oxygen atoms in total. The van der Waals surface area contributed by atoms with Gasteiger partial charge in [-0.25, -0.2) is 0 Å². The summed E-state index contributed by atoms with van der Waals surface area (Å²) in [5, 5.41) is 15.3. The largest absolute Gasteiger partial charge is 0.309 e. The van der Waals surface area contributed by atoms with Gasteiger partial charge in [0, 0.05) is 43.7 Å². The highest BCUT2D eigenvalue weighted by atomic mass is 15.0. The van der Waals surface area contributed by atoms with Gasteiger partial charge in [0.1, 0.15) is 0 Å². The fourth-order valence-electron chi connectivity index (χ4n) is 9.24. The number of nitrogens with zero attached hydrogens (tertiary/aromatic N) is 2. The van der Waals surface area contributed by atoms with Crippen molar-refractivity contribution in [3.63, 3.8) is 0 Å². The van der Waals surface area contributed by atoms with Crippen LogP contribution in [-0.4, -0.2) is 9.13 Å². The van der Waals surface area contributed by atoms with E-state index < -0.39 is 0 Å². The van der Waals surface area contributed by atoms with Crippen LogP contribution in [0, 0.1) is 0 Å². The van der Waals surface area contributed by atoms with Gasteiger partial charge >= 0.3 is 0 Å². The molecule has 12 aromatic rings. The maximum atomic E-state index is 2.46. The van der Waals surface area contributed by atoms with Crippen LogP contribution in [0.5, 0.6) is 0 Å². The maximum absolute atomic E-state index is 2.46. The van der Waals surface area contributed by atoms with E-state index in [1.807, 2.05) is 0 Å². The molecule has 0 aliphatic rings. The highest BCUT2D eigenvalue weighted by Crippen LogP contribution is 2.42. The SMILES string of the molecule is c1ccc2c(c1)ccc1c2c2ccc3ccccc3c2n1-c1ccc(-c2ccc(-n3c4ccc5ccccc5c4c4ccc5ccccc5c43)cc2)cc1. The Balaban J connectivity index is 1.01. The molecule has 2 heteroatoms. The van der Waals surface area contributed by atoms with E-state index in [1.165, 1.54) is 97.8 Å². The van der Waals surface area contributed by atoms with E-state index in [0.717, 1.165) is 11.4 Å². The minimum absolute atomic E-state index is 1.16. The fraction of sp³-hybridized carbons (Fsp3) is 0. The average molecular weight is 685 g/mol. The second kappa shape index (κ2) is 11.2. The zero-order valence-corrected chi connectivity index (χ0v) is 29.4. The van der Waals surface area contributed by atoms with Crippen molar-refractivity contribution >= 4 is 86.7 Å². The molecular weight excluding hydrogens is 653 g/mol. The molecule has 0 bridgehead atoms. The lowest BCUT2D eigenvalue weighted by molar-refractivity contribution is 1.18. The van der Waals surface area contributed by atoms with Crippen LogP contribution in [0.1, 0.15) is 0 Å². The third-order valence-electron chi connectivity index (χ3n) is 11.7. The van der Waals surface area contributed by atoms with E-state index in [9.17, 15) is 0 Å². The zero-order chi connectivity index (χ0) is 35.3. The summed E-state index contributed by atoms with van der Waals surface area (Å²) in [6.45, 7) is 0. The molecule has 0 N–H and O–H groups in total. The maximum Gasteiger partial charge on any atom is 0.0619 e. The Morgan fingerprint density at radius 1 is 0.241 bits per heavy atom. The molecule has 0 aliphatic heterocycles. The minimum atomic E-state index is 1.16. The average Bonchev–Trinajstić information content (AvgIpc) is 3.78. The first kappa shape index (κ1) is 29.4. The Hall–Kier alpha value is -7.16. The summed E-state index contributed by atoms with van der Waals surface area (Å²) >= 11 is 0. The van der Waals surface area contributed by atoms with E-state index in [4.69, 9.17) is 0 Å². The Labute approximate surface area is 311 Å². The van der Waals surface area contributed by atoms with Crippen LogP contribution >= 0.6 is 0 Å². The van der Waals surface area contributed by atoms with Crippen molar-refractivity contribution in [2.24, 2.45) is 0 Å². The van der Waals surface area contributed by atoms with Crippen molar-refractivity contribution in [3.05, 3.63) is 194 Å². The lowest BCUT2D eigenvalue weighted by Gasteiger charge is -2.13. The van der Waals surface area contributed by atoms with E-state index in [-0.39, 0.29) is 0 Å². The number of hydrogen-bond acceptors (Lipinski definition) is 0. The van der Waals surface area contributed by atoms with Crippen LogP contribution in [0.25, 0.3) is 109 Å².